The van der Waals surface area contributed by atoms with Gasteiger partial charge in [0.05, 0.1) is 5.69 Å². The minimum absolute atomic E-state index is 0.605. The Balaban J connectivity index is 1.70. The second kappa shape index (κ2) is 6.25. The maximum absolute atomic E-state index is 4.92. The Morgan fingerprint density at radius 3 is 2.75 bits per heavy atom. The van der Waals surface area contributed by atoms with Crippen molar-refractivity contribution in [3.05, 3.63) is 34.8 Å². The van der Waals surface area contributed by atoms with Gasteiger partial charge in [-0.3, -0.25) is 0 Å². The van der Waals surface area contributed by atoms with E-state index in [1.54, 1.807) is 11.3 Å². The van der Waals surface area contributed by atoms with Gasteiger partial charge in [0, 0.05) is 40.6 Å². The van der Waals surface area contributed by atoms with Crippen LogP contribution in [0.15, 0.2) is 23.6 Å². The van der Waals surface area contributed by atoms with E-state index in [0.29, 0.717) is 6.04 Å². The Morgan fingerprint density at radius 1 is 1.17 bits per heavy atom. The molecule has 1 aliphatic rings. The smallest absolute Gasteiger partial charge is 0.183 e. The van der Waals surface area contributed by atoms with Gasteiger partial charge in [-0.05, 0) is 38.8 Å². The van der Waals surface area contributed by atoms with Gasteiger partial charge in [0.2, 0.25) is 0 Å². The fraction of sp³-hybridized carbons (Fsp3) is 0.450. The van der Waals surface area contributed by atoms with Crippen LogP contribution in [0.5, 0.6) is 0 Å². The van der Waals surface area contributed by atoms with Crippen molar-refractivity contribution in [2.75, 3.05) is 5.32 Å². The number of thiazole rings is 1. The Morgan fingerprint density at radius 2 is 1.96 bits per heavy atom. The molecule has 1 saturated carbocycles. The van der Waals surface area contributed by atoms with E-state index in [1.165, 1.54) is 59.8 Å². The highest BCUT2D eigenvalue weighted by Gasteiger charge is 2.18. The molecule has 0 saturated heterocycles. The van der Waals surface area contributed by atoms with Crippen molar-refractivity contribution in [2.45, 2.75) is 52.0 Å². The standard InChI is InChI=1S/C20H25N3S/c1-13-9-10-18-16(11-13)19(14(2)23(18)3)17-12-24-20(22-17)21-15-7-5-4-6-8-15/h9-12,15H,4-8H2,1-3H3,(H,21,22). The van der Waals surface area contributed by atoms with E-state index < -0.39 is 0 Å². The number of aromatic nitrogens is 2. The lowest BCUT2D eigenvalue weighted by Crippen LogP contribution is -2.21. The molecule has 0 bridgehead atoms. The summed E-state index contributed by atoms with van der Waals surface area (Å²) >= 11 is 1.74. The molecule has 0 aliphatic heterocycles. The highest BCUT2D eigenvalue weighted by Crippen LogP contribution is 2.36. The fourth-order valence-corrected chi connectivity index (χ4v) is 4.67. The summed E-state index contributed by atoms with van der Waals surface area (Å²) in [5, 5.41) is 8.24. The van der Waals surface area contributed by atoms with Gasteiger partial charge in [-0.15, -0.1) is 11.3 Å². The fourth-order valence-electron chi connectivity index (χ4n) is 3.89. The summed E-state index contributed by atoms with van der Waals surface area (Å²) in [5.74, 6) is 0. The Kier molecular flexibility index (Phi) is 4.09. The van der Waals surface area contributed by atoms with Crippen LogP contribution in [0.3, 0.4) is 0 Å². The molecular formula is C20H25N3S. The molecule has 3 aromatic rings. The number of rotatable bonds is 3. The van der Waals surface area contributed by atoms with Crippen molar-refractivity contribution in [3.8, 4) is 11.3 Å². The first kappa shape index (κ1) is 15.7. The number of nitrogens with one attached hydrogen (secondary N) is 1. The number of hydrogen-bond acceptors (Lipinski definition) is 3. The molecule has 1 aromatic carbocycles. The SMILES string of the molecule is Cc1ccc2c(c1)c(-c1csc(NC3CCCCC3)n1)c(C)n2C. The number of fused-ring (bicyclic) bond motifs is 1. The molecule has 1 aliphatic carbocycles. The van der Waals surface area contributed by atoms with Crippen LogP contribution in [-0.4, -0.2) is 15.6 Å². The van der Waals surface area contributed by atoms with Gasteiger partial charge in [0.15, 0.2) is 5.13 Å². The number of anilines is 1. The zero-order chi connectivity index (χ0) is 16.7. The summed E-state index contributed by atoms with van der Waals surface area (Å²) in [6.45, 7) is 4.35. The summed E-state index contributed by atoms with van der Waals surface area (Å²) in [6.07, 6.45) is 6.63. The molecule has 2 heterocycles. The average Bonchev–Trinajstić information content (AvgIpc) is 3.12. The third-order valence-corrected chi connectivity index (χ3v) is 6.11. The third kappa shape index (κ3) is 2.73. The highest BCUT2D eigenvalue weighted by atomic mass is 32.1. The van der Waals surface area contributed by atoms with Crippen LogP contribution in [0.2, 0.25) is 0 Å². The van der Waals surface area contributed by atoms with E-state index >= 15 is 0 Å². The van der Waals surface area contributed by atoms with Crippen molar-refractivity contribution in [2.24, 2.45) is 7.05 Å². The van der Waals surface area contributed by atoms with Crippen LogP contribution in [-0.2, 0) is 7.05 Å². The highest BCUT2D eigenvalue weighted by molar-refractivity contribution is 7.14. The van der Waals surface area contributed by atoms with Crippen molar-refractivity contribution < 1.29 is 0 Å². The average molecular weight is 340 g/mol. The number of benzene rings is 1. The van der Waals surface area contributed by atoms with E-state index in [-0.39, 0.29) is 0 Å². The normalized spacial score (nSPS) is 16.0. The molecule has 4 heteroatoms. The quantitative estimate of drug-likeness (QED) is 0.667. The second-order valence-corrected chi connectivity index (χ2v) is 7.92. The maximum Gasteiger partial charge on any atom is 0.183 e. The minimum Gasteiger partial charge on any atom is -0.359 e. The molecule has 2 aromatic heterocycles. The topological polar surface area (TPSA) is 29.9 Å². The van der Waals surface area contributed by atoms with Crippen LogP contribution in [0.4, 0.5) is 5.13 Å². The predicted molar refractivity (Wildman–Crippen MR) is 104 cm³/mol. The van der Waals surface area contributed by atoms with Crippen molar-refractivity contribution in [3.63, 3.8) is 0 Å². The predicted octanol–water partition coefficient (Wildman–Crippen LogP) is 5.66. The molecule has 1 N–H and O–H groups in total. The molecule has 0 unspecified atom stereocenters. The maximum atomic E-state index is 4.92. The van der Waals surface area contributed by atoms with Crippen molar-refractivity contribution in [1.82, 2.24) is 9.55 Å². The van der Waals surface area contributed by atoms with E-state index in [1.807, 2.05) is 0 Å². The van der Waals surface area contributed by atoms with E-state index in [0.717, 1.165) is 10.8 Å². The zero-order valence-electron chi connectivity index (χ0n) is 14.7. The van der Waals surface area contributed by atoms with Crippen LogP contribution in [0.25, 0.3) is 22.2 Å². The van der Waals surface area contributed by atoms with E-state index in [4.69, 9.17) is 4.98 Å². The summed E-state index contributed by atoms with van der Waals surface area (Å²) in [4.78, 5) is 4.92. The van der Waals surface area contributed by atoms with Gasteiger partial charge in [0.1, 0.15) is 0 Å². The Hall–Kier alpha value is -1.81. The van der Waals surface area contributed by atoms with Crippen molar-refractivity contribution >= 4 is 27.4 Å². The molecule has 0 spiro atoms. The lowest BCUT2D eigenvalue weighted by Gasteiger charge is -2.22. The van der Waals surface area contributed by atoms with Gasteiger partial charge in [-0.1, -0.05) is 30.9 Å². The molecule has 4 rings (SSSR count). The summed E-state index contributed by atoms with van der Waals surface area (Å²) in [5.41, 5.74) is 6.24. The molecular weight excluding hydrogens is 314 g/mol. The molecule has 24 heavy (non-hydrogen) atoms. The minimum atomic E-state index is 0.605. The van der Waals surface area contributed by atoms with Crippen LogP contribution >= 0.6 is 11.3 Å². The Labute approximate surface area is 147 Å². The molecule has 126 valence electrons. The number of hydrogen-bond donors (Lipinski definition) is 1. The third-order valence-electron chi connectivity index (χ3n) is 5.34. The Bertz CT molecular complexity index is 869. The van der Waals surface area contributed by atoms with Gasteiger partial charge >= 0.3 is 0 Å². The van der Waals surface area contributed by atoms with Crippen LogP contribution in [0.1, 0.15) is 43.4 Å². The van der Waals surface area contributed by atoms with Crippen LogP contribution < -0.4 is 5.32 Å². The molecule has 0 amide bonds. The first-order valence-electron chi connectivity index (χ1n) is 8.91. The van der Waals surface area contributed by atoms with Gasteiger partial charge in [-0.2, -0.15) is 0 Å². The number of nitrogens with zero attached hydrogens (tertiary/aromatic N) is 2. The first-order chi connectivity index (χ1) is 11.6. The lowest BCUT2D eigenvalue weighted by atomic mass is 9.96. The monoisotopic (exact) mass is 339 g/mol. The molecule has 0 atom stereocenters. The summed E-state index contributed by atoms with van der Waals surface area (Å²) in [7, 11) is 2.14. The summed E-state index contributed by atoms with van der Waals surface area (Å²) < 4.78 is 2.28. The number of aryl methyl sites for hydroxylation is 2. The van der Waals surface area contributed by atoms with Gasteiger partial charge in [0.25, 0.3) is 0 Å². The van der Waals surface area contributed by atoms with E-state index in [2.05, 4.69) is 54.4 Å². The second-order valence-electron chi connectivity index (χ2n) is 7.06. The molecule has 3 nitrogen and oxygen atoms in total. The van der Waals surface area contributed by atoms with E-state index in [9.17, 15) is 0 Å². The molecule has 0 radical (unpaired) electrons. The van der Waals surface area contributed by atoms with Crippen molar-refractivity contribution in [1.29, 1.82) is 0 Å². The first-order valence-corrected chi connectivity index (χ1v) is 9.79. The van der Waals surface area contributed by atoms with Gasteiger partial charge < -0.3 is 9.88 Å². The largest absolute Gasteiger partial charge is 0.359 e. The van der Waals surface area contributed by atoms with Gasteiger partial charge in [-0.25, -0.2) is 4.98 Å². The summed E-state index contributed by atoms with van der Waals surface area (Å²) in [6, 6.07) is 7.29. The van der Waals surface area contributed by atoms with Crippen LogP contribution in [0, 0.1) is 13.8 Å². The zero-order valence-corrected chi connectivity index (χ0v) is 15.5. The molecule has 1 fully saturated rings. The lowest BCUT2D eigenvalue weighted by molar-refractivity contribution is 0.462.